The molecule has 26 heavy (non-hydrogen) atoms. The molecule has 1 aliphatic heterocycles. The van der Waals surface area contributed by atoms with E-state index in [2.05, 4.69) is 15.2 Å². The van der Waals surface area contributed by atoms with E-state index in [0.717, 1.165) is 36.6 Å². The highest BCUT2D eigenvalue weighted by atomic mass is 19.4. The zero-order chi connectivity index (χ0) is 18.9. The fourth-order valence-corrected chi connectivity index (χ4v) is 3.32. The minimum Gasteiger partial charge on any atom is -0.356 e. The number of anilines is 1. The fourth-order valence-electron chi connectivity index (χ4n) is 3.32. The van der Waals surface area contributed by atoms with Crippen LogP contribution in [0.4, 0.5) is 19.0 Å². The summed E-state index contributed by atoms with van der Waals surface area (Å²) in [5.41, 5.74) is -0.670. The van der Waals surface area contributed by atoms with Crippen LogP contribution in [0.25, 0.3) is 0 Å². The van der Waals surface area contributed by atoms with Crippen LogP contribution in [0.5, 0.6) is 0 Å². The second kappa shape index (κ2) is 7.22. The van der Waals surface area contributed by atoms with Crippen LogP contribution in [0.3, 0.4) is 0 Å². The molecule has 9 heteroatoms. The lowest BCUT2D eigenvalue weighted by atomic mass is 9.97. The van der Waals surface area contributed by atoms with Crippen LogP contribution in [0.2, 0.25) is 0 Å². The maximum absolute atomic E-state index is 13.0. The Balaban J connectivity index is 1.79. The molecule has 0 radical (unpaired) electrons. The monoisotopic (exact) mass is 368 g/mol. The van der Waals surface area contributed by atoms with Gasteiger partial charge in [0.25, 0.3) is 0 Å². The number of hydrogen-bond acceptors (Lipinski definition) is 5. The first-order chi connectivity index (χ1) is 12.3. The number of alkyl halides is 3. The van der Waals surface area contributed by atoms with Crippen molar-refractivity contribution in [3.8, 4) is 0 Å². The van der Waals surface area contributed by atoms with Gasteiger partial charge >= 0.3 is 6.18 Å². The Labute approximate surface area is 150 Å². The number of pyridine rings is 1. The van der Waals surface area contributed by atoms with Gasteiger partial charge in [0.05, 0.1) is 12.1 Å². The van der Waals surface area contributed by atoms with Crippen molar-refractivity contribution < 1.29 is 13.2 Å². The highest BCUT2D eigenvalue weighted by Crippen LogP contribution is 2.33. The molecule has 0 N–H and O–H groups in total. The largest absolute Gasteiger partial charge is 0.416 e. The smallest absolute Gasteiger partial charge is 0.356 e. The third-order valence-corrected chi connectivity index (χ3v) is 4.64. The van der Waals surface area contributed by atoms with Gasteiger partial charge in [0.15, 0.2) is 0 Å². The molecule has 142 valence electrons. The third kappa shape index (κ3) is 3.98. The van der Waals surface area contributed by atoms with Gasteiger partial charge < -0.3 is 14.4 Å². The van der Waals surface area contributed by atoms with Gasteiger partial charge in [-0.15, -0.1) is 10.2 Å². The van der Waals surface area contributed by atoms with E-state index in [9.17, 15) is 13.2 Å². The Hall–Kier alpha value is -2.16. The summed E-state index contributed by atoms with van der Waals surface area (Å²) in [5, 5.41) is 8.60. The lowest BCUT2D eigenvalue weighted by molar-refractivity contribution is -0.137. The van der Waals surface area contributed by atoms with Crippen molar-refractivity contribution in [1.29, 1.82) is 0 Å². The summed E-state index contributed by atoms with van der Waals surface area (Å²) in [5.74, 6) is 2.23. The van der Waals surface area contributed by atoms with Crippen molar-refractivity contribution in [1.82, 2.24) is 24.6 Å². The Bertz CT molecular complexity index is 755. The van der Waals surface area contributed by atoms with E-state index in [1.807, 2.05) is 35.5 Å². The zero-order valence-corrected chi connectivity index (χ0v) is 15.2. The standard InChI is InChI=1S/C17H23F3N6/c1-24(2)11-15-22-23-16(25(15)3)12-5-4-8-26(10-12)14-9-13(6-7-21-14)17(18,19)20/h6-7,9,12H,4-5,8,10-11H2,1-3H3/t12-/m1/s1. The minimum atomic E-state index is -4.36. The summed E-state index contributed by atoms with van der Waals surface area (Å²) in [6.45, 7) is 1.96. The molecule has 0 aliphatic carbocycles. The number of nitrogens with zero attached hydrogens (tertiary/aromatic N) is 6. The third-order valence-electron chi connectivity index (χ3n) is 4.64. The quantitative estimate of drug-likeness (QED) is 0.831. The van der Waals surface area contributed by atoms with Crippen molar-refractivity contribution in [2.24, 2.45) is 7.05 Å². The molecule has 1 atom stereocenters. The van der Waals surface area contributed by atoms with Crippen LogP contribution in [0.1, 0.15) is 36.0 Å². The molecule has 2 aromatic rings. The Morgan fingerprint density at radius 3 is 2.73 bits per heavy atom. The average molecular weight is 368 g/mol. The molecule has 0 aromatic carbocycles. The van der Waals surface area contributed by atoms with Crippen LogP contribution < -0.4 is 4.90 Å². The molecule has 3 rings (SSSR count). The molecule has 0 unspecified atom stereocenters. The van der Waals surface area contributed by atoms with Crippen LogP contribution in [0.15, 0.2) is 18.3 Å². The summed E-state index contributed by atoms with van der Waals surface area (Å²) in [6, 6.07) is 2.12. The van der Waals surface area contributed by atoms with E-state index in [4.69, 9.17) is 0 Å². The van der Waals surface area contributed by atoms with Gasteiger partial charge in [-0.3, -0.25) is 0 Å². The number of aromatic nitrogens is 4. The van der Waals surface area contributed by atoms with Gasteiger partial charge in [-0.2, -0.15) is 13.2 Å². The lowest BCUT2D eigenvalue weighted by Crippen LogP contribution is -2.36. The summed E-state index contributed by atoms with van der Waals surface area (Å²) >= 11 is 0. The van der Waals surface area contributed by atoms with Crippen molar-refractivity contribution in [2.45, 2.75) is 31.5 Å². The second-order valence-electron chi connectivity index (χ2n) is 6.96. The lowest BCUT2D eigenvalue weighted by Gasteiger charge is -2.33. The Morgan fingerprint density at radius 1 is 1.27 bits per heavy atom. The molecule has 1 saturated heterocycles. The van der Waals surface area contributed by atoms with Gasteiger partial charge in [0.1, 0.15) is 17.5 Å². The molecule has 3 heterocycles. The molecular weight excluding hydrogens is 345 g/mol. The highest BCUT2D eigenvalue weighted by molar-refractivity contribution is 5.43. The molecule has 0 spiro atoms. The zero-order valence-electron chi connectivity index (χ0n) is 15.2. The first kappa shape index (κ1) is 18.6. The minimum absolute atomic E-state index is 0.119. The topological polar surface area (TPSA) is 50.1 Å². The molecule has 0 saturated carbocycles. The van der Waals surface area contributed by atoms with Crippen molar-refractivity contribution in [3.05, 3.63) is 35.5 Å². The van der Waals surface area contributed by atoms with Crippen LogP contribution in [-0.4, -0.2) is 51.8 Å². The second-order valence-corrected chi connectivity index (χ2v) is 6.96. The van der Waals surface area contributed by atoms with Gasteiger partial charge in [0.2, 0.25) is 0 Å². The van der Waals surface area contributed by atoms with E-state index in [-0.39, 0.29) is 5.92 Å². The molecule has 2 aromatic heterocycles. The Morgan fingerprint density at radius 2 is 2.04 bits per heavy atom. The van der Waals surface area contributed by atoms with Gasteiger partial charge in [0, 0.05) is 32.3 Å². The van der Waals surface area contributed by atoms with Gasteiger partial charge in [-0.05, 0) is 39.1 Å². The Kier molecular flexibility index (Phi) is 5.17. The predicted molar refractivity (Wildman–Crippen MR) is 91.8 cm³/mol. The van der Waals surface area contributed by atoms with E-state index in [0.29, 0.717) is 25.5 Å². The van der Waals surface area contributed by atoms with Crippen molar-refractivity contribution in [2.75, 3.05) is 32.1 Å². The summed E-state index contributed by atoms with van der Waals surface area (Å²) < 4.78 is 40.9. The van der Waals surface area contributed by atoms with Crippen LogP contribution >= 0.6 is 0 Å². The van der Waals surface area contributed by atoms with E-state index >= 15 is 0 Å². The fraction of sp³-hybridized carbons (Fsp3) is 0.588. The molecule has 1 fully saturated rings. The number of piperidine rings is 1. The maximum atomic E-state index is 13.0. The van der Waals surface area contributed by atoms with Crippen LogP contribution in [-0.2, 0) is 19.8 Å². The van der Waals surface area contributed by atoms with E-state index < -0.39 is 11.7 Å². The summed E-state index contributed by atoms with van der Waals surface area (Å²) in [6.07, 6.45) is -1.33. The number of halogens is 3. The highest BCUT2D eigenvalue weighted by Gasteiger charge is 2.32. The number of rotatable bonds is 4. The normalized spacial score (nSPS) is 18.6. The van der Waals surface area contributed by atoms with E-state index in [1.165, 1.54) is 6.20 Å². The van der Waals surface area contributed by atoms with Crippen molar-refractivity contribution in [3.63, 3.8) is 0 Å². The average Bonchev–Trinajstić information content (AvgIpc) is 2.94. The summed E-state index contributed by atoms with van der Waals surface area (Å²) in [4.78, 5) is 8.08. The molecule has 6 nitrogen and oxygen atoms in total. The van der Waals surface area contributed by atoms with Gasteiger partial charge in [-0.1, -0.05) is 0 Å². The molecule has 0 amide bonds. The van der Waals surface area contributed by atoms with Crippen LogP contribution in [0, 0.1) is 0 Å². The van der Waals surface area contributed by atoms with Crippen molar-refractivity contribution >= 4 is 5.82 Å². The number of hydrogen-bond donors (Lipinski definition) is 0. The predicted octanol–water partition coefficient (Wildman–Crippen LogP) is 2.67. The first-order valence-electron chi connectivity index (χ1n) is 8.57. The summed E-state index contributed by atoms with van der Waals surface area (Å²) in [7, 11) is 5.88. The van der Waals surface area contributed by atoms with E-state index in [1.54, 1.807) is 0 Å². The molecule has 0 bridgehead atoms. The molecular formula is C17H23F3N6. The molecule has 1 aliphatic rings. The van der Waals surface area contributed by atoms with Gasteiger partial charge in [-0.25, -0.2) is 4.98 Å². The first-order valence-corrected chi connectivity index (χ1v) is 8.57. The maximum Gasteiger partial charge on any atom is 0.416 e. The SMILES string of the molecule is CN(C)Cc1nnc([C@@H]2CCCN(c3cc(C(F)(F)F)ccn3)C2)n1C.